The van der Waals surface area contributed by atoms with Gasteiger partial charge in [-0.25, -0.2) is 8.42 Å². The van der Waals surface area contributed by atoms with Crippen LogP contribution in [0, 0.1) is 18.8 Å². The molecule has 1 aromatic carbocycles. The van der Waals surface area contributed by atoms with Crippen molar-refractivity contribution in [2.75, 3.05) is 18.8 Å². The van der Waals surface area contributed by atoms with Crippen LogP contribution in [0.15, 0.2) is 23.1 Å². The zero-order chi connectivity index (χ0) is 14.2. The Kier molecular flexibility index (Phi) is 3.87. The van der Waals surface area contributed by atoms with E-state index < -0.39 is 10.0 Å². The van der Waals surface area contributed by atoms with Crippen molar-refractivity contribution >= 4 is 15.7 Å². The number of sulfonamides is 1. The molecule has 5 heteroatoms. The van der Waals surface area contributed by atoms with Crippen molar-refractivity contribution in [1.29, 1.82) is 0 Å². The van der Waals surface area contributed by atoms with E-state index in [1.807, 2.05) is 0 Å². The lowest BCUT2D eigenvalue weighted by molar-refractivity contribution is 0.388. The summed E-state index contributed by atoms with van der Waals surface area (Å²) in [6.45, 7) is 7.34. The van der Waals surface area contributed by atoms with Crippen LogP contribution in [0.5, 0.6) is 0 Å². The molecule has 0 saturated carbocycles. The number of aryl methyl sites for hydroxylation is 1. The van der Waals surface area contributed by atoms with E-state index >= 15 is 0 Å². The third-order valence-corrected chi connectivity index (χ3v) is 5.97. The van der Waals surface area contributed by atoms with Crippen LogP contribution in [0.1, 0.15) is 25.8 Å². The Morgan fingerprint density at radius 2 is 2.05 bits per heavy atom. The number of rotatable bonds is 3. The molecule has 1 fully saturated rings. The van der Waals surface area contributed by atoms with Gasteiger partial charge >= 0.3 is 0 Å². The number of nitrogen functional groups attached to an aromatic ring is 1. The van der Waals surface area contributed by atoms with E-state index in [0.717, 1.165) is 6.42 Å². The highest BCUT2D eigenvalue weighted by Gasteiger charge is 2.34. The first-order chi connectivity index (χ1) is 8.82. The first-order valence-electron chi connectivity index (χ1n) is 6.68. The molecule has 0 amide bonds. The van der Waals surface area contributed by atoms with E-state index in [1.165, 1.54) is 0 Å². The fraction of sp³-hybridized carbons (Fsp3) is 0.571. The van der Waals surface area contributed by atoms with Gasteiger partial charge in [0.05, 0.1) is 4.90 Å². The standard InChI is InChI=1S/C14H22N2O2S/c1-10(2)12-6-7-16(9-12)19(17,18)14-5-4-13(15)8-11(14)3/h4-5,8,10,12H,6-7,9,15H2,1-3H3. The molecule has 1 aromatic rings. The third-order valence-electron chi connectivity index (χ3n) is 3.95. The Morgan fingerprint density at radius 3 is 2.58 bits per heavy atom. The number of hydrogen-bond acceptors (Lipinski definition) is 3. The highest BCUT2D eigenvalue weighted by atomic mass is 32.2. The van der Waals surface area contributed by atoms with Gasteiger partial charge in [-0.05, 0) is 48.9 Å². The summed E-state index contributed by atoms with van der Waals surface area (Å²) in [6, 6.07) is 4.97. The maximum absolute atomic E-state index is 12.6. The summed E-state index contributed by atoms with van der Waals surface area (Å²) in [5.74, 6) is 0.983. The molecule has 106 valence electrons. The normalized spacial score (nSPS) is 21.2. The van der Waals surface area contributed by atoms with Crippen molar-refractivity contribution in [2.45, 2.75) is 32.1 Å². The van der Waals surface area contributed by atoms with Crippen molar-refractivity contribution in [3.05, 3.63) is 23.8 Å². The predicted octanol–water partition coefficient (Wildman–Crippen LogP) is 2.24. The Bertz CT molecular complexity index is 567. The minimum atomic E-state index is -3.37. The molecule has 0 spiro atoms. The molecule has 4 nitrogen and oxygen atoms in total. The maximum Gasteiger partial charge on any atom is 0.243 e. The van der Waals surface area contributed by atoms with Gasteiger partial charge in [-0.1, -0.05) is 13.8 Å². The minimum absolute atomic E-state index is 0.381. The van der Waals surface area contributed by atoms with Crippen molar-refractivity contribution in [2.24, 2.45) is 11.8 Å². The largest absolute Gasteiger partial charge is 0.399 e. The second-order valence-electron chi connectivity index (χ2n) is 5.68. The average Bonchev–Trinajstić information content (AvgIpc) is 2.78. The van der Waals surface area contributed by atoms with Gasteiger partial charge in [0, 0.05) is 18.8 Å². The third kappa shape index (κ3) is 2.77. The van der Waals surface area contributed by atoms with E-state index in [1.54, 1.807) is 29.4 Å². The number of hydrogen-bond donors (Lipinski definition) is 1. The van der Waals surface area contributed by atoms with Crippen LogP contribution < -0.4 is 5.73 Å². The first-order valence-corrected chi connectivity index (χ1v) is 8.12. The number of anilines is 1. The Balaban J connectivity index is 2.29. The number of nitrogens with zero attached hydrogens (tertiary/aromatic N) is 1. The molecular formula is C14H22N2O2S. The molecule has 2 rings (SSSR count). The second-order valence-corrected chi connectivity index (χ2v) is 7.59. The SMILES string of the molecule is Cc1cc(N)ccc1S(=O)(=O)N1CCC(C(C)C)C1. The highest BCUT2D eigenvalue weighted by molar-refractivity contribution is 7.89. The lowest BCUT2D eigenvalue weighted by Crippen LogP contribution is -2.30. The summed E-state index contributed by atoms with van der Waals surface area (Å²) in [4.78, 5) is 0.381. The predicted molar refractivity (Wildman–Crippen MR) is 77.3 cm³/mol. The smallest absolute Gasteiger partial charge is 0.243 e. The fourth-order valence-electron chi connectivity index (χ4n) is 2.62. The van der Waals surface area contributed by atoms with Crippen LogP contribution in [0.4, 0.5) is 5.69 Å². The molecule has 0 bridgehead atoms. The Hall–Kier alpha value is -1.07. The molecule has 19 heavy (non-hydrogen) atoms. The van der Waals surface area contributed by atoms with Crippen LogP contribution in [0.2, 0.25) is 0 Å². The van der Waals surface area contributed by atoms with Gasteiger partial charge in [-0.15, -0.1) is 0 Å². The van der Waals surface area contributed by atoms with Gasteiger partial charge in [0.25, 0.3) is 0 Å². The van der Waals surface area contributed by atoms with Crippen LogP contribution in [-0.2, 0) is 10.0 Å². The van der Waals surface area contributed by atoms with E-state index in [-0.39, 0.29) is 0 Å². The van der Waals surface area contributed by atoms with Crippen molar-refractivity contribution in [1.82, 2.24) is 4.31 Å². The van der Waals surface area contributed by atoms with Crippen molar-refractivity contribution in [3.8, 4) is 0 Å². The quantitative estimate of drug-likeness (QED) is 0.865. The van der Waals surface area contributed by atoms with Gasteiger partial charge in [-0.3, -0.25) is 0 Å². The van der Waals surface area contributed by atoms with E-state index in [2.05, 4.69) is 13.8 Å². The molecule has 1 atom stereocenters. The first kappa shape index (κ1) is 14.3. The molecule has 1 heterocycles. The van der Waals surface area contributed by atoms with Crippen molar-refractivity contribution in [3.63, 3.8) is 0 Å². The molecule has 1 saturated heterocycles. The second kappa shape index (κ2) is 5.13. The zero-order valence-electron chi connectivity index (χ0n) is 11.8. The monoisotopic (exact) mass is 282 g/mol. The van der Waals surface area contributed by atoms with Crippen LogP contribution in [0.25, 0.3) is 0 Å². The lowest BCUT2D eigenvalue weighted by atomic mass is 9.96. The number of benzene rings is 1. The van der Waals surface area contributed by atoms with Gasteiger partial charge in [0.1, 0.15) is 0 Å². The number of nitrogens with two attached hydrogens (primary N) is 1. The van der Waals surface area contributed by atoms with E-state index in [4.69, 9.17) is 5.73 Å². The molecule has 0 aromatic heterocycles. The van der Waals surface area contributed by atoms with E-state index in [9.17, 15) is 8.42 Å². The Morgan fingerprint density at radius 1 is 1.37 bits per heavy atom. The average molecular weight is 282 g/mol. The summed E-state index contributed by atoms with van der Waals surface area (Å²) in [5.41, 5.74) is 6.99. The van der Waals surface area contributed by atoms with Gasteiger partial charge in [0.15, 0.2) is 0 Å². The summed E-state index contributed by atoms with van der Waals surface area (Å²) < 4.78 is 26.8. The highest BCUT2D eigenvalue weighted by Crippen LogP contribution is 2.30. The van der Waals surface area contributed by atoms with Gasteiger partial charge < -0.3 is 5.73 Å². The van der Waals surface area contributed by atoms with Gasteiger partial charge in [0.2, 0.25) is 10.0 Å². The van der Waals surface area contributed by atoms with Crippen molar-refractivity contribution < 1.29 is 8.42 Å². The molecule has 1 aliphatic rings. The summed E-state index contributed by atoms with van der Waals surface area (Å²) in [6.07, 6.45) is 0.949. The van der Waals surface area contributed by atoms with Gasteiger partial charge in [-0.2, -0.15) is 4.31 Å². The zero-order valence-corrected chi connectivity index (χ0v) is 12.6. The summed E-state index contributed by atoms with van der Waals surface area (Å²) in [7, 11) is -3.37. The maximum atomic E-state index is 12.6. The lowest BCUT2D eigenvalue weighted by Gasteiger charge is -2.19. The topological polar surface area (TPSA) is 63.4 Å². The molecular weight excluding hydrogens is 260 g/mol. The molecule has 1 aliphatic heterocycles. The van der Waals surface area contributed by atoms with Crippen LogP contribution >= 0.6 is 0 Å². The van der Waals surface area contributed by atoms with Crippen LogP contribution in [0.3, 0.4) is 0 Å². The fourth-order valence-corrected chi connectivity index (χ4v) is 4.34. The molecule has 0 radical (unpaired) electrons. The minimum Gasteiger partial charge on any atom is -0.399 e. The molecule has 1 unspecified atom stereocenters. The van der Waals surface area contributed by atoms with Crippen LogP contribution in [-0.4, -0.2) is 25.8 Å². The molecule has 2 N–H and O–H groups in total. The molecule has 0 aliphatic carbocycles. The summed E-state index contributed by atoms with van der Waals surface area (Å²) in [5, 5.41) is 0. The summed E-state index contributed by atoms with van der Waals surface area (Å²) >= 11 is 0. The van der Waals surface area contributed by atoms with E-state index in [0.29, 0.717) is 41.1 Å². The Labute approximate surface area is 115 Å².